The molecule has 2 N–H and O–H groups in total. The summed E-state index contributed by atoms with van der Waals surface area (Å²) in [5.74, 6) is 0.879. The van der Waals surface area contributed by atoms with Gasteiger partial charge in [0.15, 0.2) is 5.96 Å². The highest BCUT2D eigenvalue weighted by molar-refractivity contribution is 14.0. The number of morpholine rings is 1. The van der Waals surface area contributed by atoms with Crippen LogP contribution in [0.3, 0.4) is 0 Å². The molecule has 0 aromatic heterocycles. The molecule has 8 nitrogen and oxygen atoms in total. The second kappa shape index (κ2) is 10.8. The lowest BCUT2D eigenvalue weighted by Crippen LogP contribution is -2.56. The number of hydrogen-bond donors (Lipinski definition) is 2. The number of rotatable bonds is 4. The van der Waals surface area contributed by atoms with Gasteiger partial charge in [0.05, 0.1) is 19.3 Å². The molecule has 2 aliphatic heterocycles. The van der Waals surface area contributed by atoms with E-state index in [4.69, 9.17) is 9.47 Å². The Hall–Kier alpha value is -0.810. The lowest BCUT2D eigenvalue weighted by atomic mass is 10.0. The summed E-state index contributed by atoms with van der Waals surface area (Å²) in [4.78, 5) is 21.1. The zero-order valence-electron chi connectivity index (χ0n) is 18.2. The largest absolute Gasteiger partial charge is 0.444 e. The molecular weight excluding hydrogens is 473 g/mol. The predicted octanol–water partition coefficient (Wildman–Crippen LogP) is 1.89. The Bertz CT molecular complexity index is 530. The summed E-state index contributed by atoms with van der Waals surface area (Å²) >= 11 is 0. The first-order valence-electron chi connectivity index (χ1n) is 9.88. The van der Waals surface area contributed by atoms with Crippen LogP contribution in [-0.4, -0.2) is 92.0 Å². The highest BCUT2D eigenvalue weighted by Crippen LogP contribution is 2.16. The average Bonchev–Trinajstić information content (AvgIpc) is 3.02. The van der Waals surface area contributed by atoms with Gasteiger partial charge in [0.2, 0.25) is 0 Å². The molecule has 0 bridgehead atoms. The maximum atomic E-state index is 12.0. The maximum Gasteiger partial charge on any atom is 0.407 e. The minimum Gasteiger partial charge on any atom is -0.444 e. The Morgan fingerprint density at radius 2 is 1.82 bits per heavy atom. The van der Waals surface area contributed by atoms with Gasteiger partial charge in [-0.1, -0.05) is 0 Å². The molecule has 2 saturated heterocycles. The van der Waals surface area contributed by atoms with E-state index in [1.807, 2.05) is 20.8 Å². The summed E-state index contributed by atoms with van der Waals surface area (Å²) < 4.78 is 10.8. The normalized spacial score (nSPS) is 21.9. The zero-order chi connectivity index (χ0) is 20.1. The number of alkyl carbamates (subject to hydrolysis) is 1. The van der Waals surface area contributed by atoms with Crippen LogP contribution in [0, 0.1) is 0 Å². The average molecular weight is 511 g/mol. The SMILES string of the molecule is CN=C(NCC(C)(C)N1CCOCC1)N1CCC(NC(=O)OC(C)(C)C)C1.I. The number of guanidine groups is 1. The van der Waals surface area contributed by atoms with Crippen molar-refractivity contribution in [3.63, 3.8) is 0 Å². The van der Waals surface area contributed by atoms with E-state index in [0.29, 0.717) is 0 Å². The van der Waals surface area contributed by atoms with Crippen LogP contribution in [0.5, 0.6) is 0 Å². The van der Waals surface area contributed by atoms with E-state index in [2.05, 4.69) is 39.3 Å². The molecule has 0 saturated carbocycles. The molecule has 1 atom stereocenters. The van der Waals surface area contributed by atoms with E-state index in [1.165, 1.54) is 0 Å². The molecule has 0 aromatic carbocycles. The van der Waals surface area contributed by atoms with Gasteiger partial charge in [-0.2, -0.15) is 0 Å². The van der Waals surface area contributed by atoms with Gasteiger partial charge in [-0.3, -0.25) is 9.89 Å². The Labute approximate surface area is 186 Å². The number of carbonyl (C=O) groups is 1. The standard InChI is InChI=1S/C19H37N5O3.HI/c1-18(2,3)27-17(25)22-15-7-8-23(13-15)16(20-6)21-14-19(4,5)24-9-11-26-12-10-24;/h15H,7-14H2,1-6H3,(H,20,21)(H,22,25);1H. The molecule has 1 amide bonds. The van der Waals surface area contributed by atoms with Gasteiger partial charge >= 0.3 is 6.09 Å². The van der Waals surface area contributed by atoms with E-state index >= 15 is 0 Å². The van der Waals surface area contributed by atoms with Crippen molar-refractivity contribution in [2.24, 2.45) is 4.99 Å². The van der Waals surface area contributed by atoms with E-state index < -0.39 is 5.60 Å². The number of halogens is 1. The number of nitrogens with zero attached hydrogens (tertiary/aromatic N) is 3. The third-order valence-corrected chi connectivity index (χ3v) is 4.97. The van der Waals surface area contributed by atoms with Crippen LogP contribution in [-0.2, 0) is 9.47 Å². The smallest absolute Gasteiger partial charge is 0.407 e. The zero-order valence-corrected chi connectivity index (χ0v) is 20.5. The van der Waals surface area contributed by atoms with Crippen molar-refractivity contribution in [2.45, 2.75) is 58.2 Å². The van der Waals surface area contributed by atoms with E-state index in [1.54, 1.807) is 7.05 Å². The van der Waals surface area contributed by atoms with Crippen LogP contribution in [0.2, 0.25) is 0 Å². The molecule has 0 aromatic rings. The minimum absolute atomic E-state index is 0. The number of amides is 1. The number of likely N-dealkylation sites (tertiary alicyclic amines) is 1. The molecule has 9 heteroatoms. The monoisotopic (exact) mass is 511 g/mol. The number of aliphatic imine (C=N–C) groups is 1. The first kappa shape index (κ1) is 25.2. The van der Waals surface area contributed by atoms with Crippen molar-refractivity contribution in [2.75, 3.05) is 53.0 Å². The number of hydrogen-bond acceptors (Lipinski definition) is 5. The summed E-state index contributed by atoms with van der Waals surface area (Å²) in [6.45, 7) is 16.0. The Morgan fingerprint density at radius 3 is 2.39 bits per heavy atom. The van der Waals surface area contributed by atoms with Crippen LogP contribution in [0.4, 0.5) is 4.79 Å². The molecule has 2 fully saturated rings. The molecule has 2 heterocycles. The third-order valence-electron chi connectivity index (χ3n) is 4.97. The van der Waals surface area contributed by atoms with Crippen LogP contribution in [0.1, 0.15) is 41.0 Å². The first-order valence-corrected chi connectivity index (χ1v) is 9.88. The fourth-order valence-corrected chi connectivity index (χ4v) is 3.45. The van der Waals surface area contributed by atoms with Crippen LogP contribution >= 0.6 is 24.0 Å². The lowest BCUT2D eigenvalue weighted by molar-refractivity contribution is -0.00846. The molecule has 0 radical (unpaired) electrons. The van der Waals surface area contributed by atoms with Gasteiger partial charge in [-0.15, -0.1) is 24.0 Å². The van der Waals surface area contributed by atoms with Gasteiger partial charge in [0.1, 0.15) is 5.60 Å². The highest BCUT2D eigenvalue weighted by atomic mass is 127. The molecule has 2 aliphatic rings. The Balaban J connectivity index is 0.00000392. The third kappa shape index (κ3) is 7.90. The fraction of sp³-hybridized carbons (Fsp3) is 0.895. The van der Waals surface area contributed by atoms with Crippen LogP contribution < -0.4 is 10.6 Å². The van der Waals surface area contributed by atoms with Crippen molar-refractivity contribution in [3.05, 3.63) is 0 Å². The summed E-state index contributed by atoms with van der Waals surface area (Å²) in [6.07, 6.45) is 0.526. The van der Waals surface area contributed by atoms with E-state index in [-0.39, 0.29) is 41.7 Å². The summed E-state index contributed by atoms with van der Waals surface area (Å²) in [6, 6.07) is 0.0747. The second-order valence-corrected chi connectivity index (χ2v) is 8.89. The van der Waals surface area contributed by atoms with Crippen LogP contribution in [0.25, 0.3) is 0 Å². The van der Waals surface area contributed by atoms with Crippen molar-refractivity contribution >= 4 is 36.0 Å². The van der Waals surface area contributed by atoms with E-state index in [9.17, 15) is 4.79 Å². The van der Waals surface area contributed by atoms with Crippen molar-refractivity contribution in [1.82, 2.24) is 20.4 Å². The topological polar surface area (TPSA) is 78.4 Å². The van der Waals surface area contributed by atoms with Gasteiger partial charge < -0.3 is 25.0 Å². The van der Waals surface area contributed by atoms with Gasteiger partial charge in [-0.05, 0) is 41.0 Å². The number of ether oxygens (including phenoxy) is 2. The van der Waals surface area contributed by atoms with Gasteiger partial charge in [0, 0.05) is 45.3 Å². The minimum atomic E-state index is -0.481. The Morgan fingerprint density at radius 1 is 1.18 bits per heavy atom. The van der Waals surface area contributed by atoms with Crippen molar-refractivity contribution in [3.8, 4) is 0 Å². The predicted molar refractivity (Wildman–Crippen MR) is 123 cm³/mol. The van der Waals surface area contributed by atoms with Crippen LogP contribution in [0.15, 0.2) is 4.99 Å². The number of carbonyl (C=O) groups excluding carboxylic acids is 1. The quantitative estimate of drug-likeness (QED) is 0.341. The highest BCUT2D eigenvalue weighted by Gasteiger charge is 2.31. The van der Waals surface area contributed by atoms with Crippen molar-refractivity contribution in [1.29, 1.82) is 0 Å². The van der Waals surface area contributed by atoms with Gasteiger partial charge in [-0.25, -0.2) is 4.79 Å². The second-order valence-electron chi connectivity index (χ2n) is 8.89. The summed E-state index contributed by atoms with van der Waals surface area (Å²) in [5.41, 5.74) is -0.460. The van der Waals surface area contributed by atoms with E-state index in [0.717, 1.165) is 58.3 Å². The van der Waals surface area contributed by atoms with Gasteiger partial charge in [0.25, 0.3) is 0 Å². The summed E-state index contributed by atoms with van der Waals surface area (Å²) in [5, 5.41) is 6.47. The number of nitrogens with one attached hydrogen (secondary N) is 2. The first-order chi connectivity index (χ1) is 12.6. The molecule has 2 rings (SSSR count). The summed E-state index contributed by atoms with van der Waals surface area (Å²) in [7, 11) is 1.80. The fourth-order valence-electron chi connectivity index (χ4n) is 3.45. The lowest BCUT2D eigenvalue weighted by Gasteiger charge is -2.41. The molecule has 0 spiro atoms. The maximum absolute atomic E-state index is 12.0. The molecule has 28 heavy (non-hydrogen) atoms. The Kier molecular flexibility index (Phi) is 9.75. The molecule has 164 valence electrons. The van der Waals surface area contributed by atoms with Crippen molar-refractivity contribution < 1.29 is 14.3 Å². The molecule has 0 aliphatic carbocycles. The molecule has 1 unspecified atom stereocenters. The molecular formula is C19H38IN5O3.